The molecule has 4 heterocycles. The first kappa shape index (κ1) is 27.6. The van der Waals surface area contributed by atoms with Crippen LogP contribution in [0.2, 0.25) is 10.0 Å². The molecule has 2 aromatic carbocycles. The number of carbonyl (C=O) groups excluding carboxylic acids is 1. The van der Waals surface area contributed by atoms with Crippen molar-refractivity contribution in [3.63, 3.8) is 0 Å². The van der Waals surface area contributed by atoms with Gasteiger partial charge in [0.15, 0.2) is 5.76 Å². The molecule has 41 heavy (non-hydrogen) atoms. The normalized spacial score (nSPS) is 17.5. The second-order valence-electron chi connectivity index (χ2n) is 10.1. The highest BCUT2D eigenvalue weighted by atomic mass is 35.5. The Labute approximate surface area is 245 Å². The van der Waals surface area contributed by atoms with Gasteiger partial charge in [0.2, 0.25) is 0 Å². The average Bonchev–Trinajstić information content (AvgIpc) is 3.54. The molecule has 10 nitrogen and oxygen atoms in total. The summed E-state index contributed by atoms with van der Waals surface area (Å²) in [5.41, 5.74) is 2.53. The van der Waals surface area contributed by atoms with Crippen molar-refractivity contribution in [2.24, 2.45) is 0 Å². The minimum absolute atomic E-state index is 0.0967. The zero-order chi connectivity index (χ0) is 28.5. The van der Waals surface area contributed by atoms with Crippen LogP contribution in [-0.4, -0.2) is 75.2 Å². The summed E-state index contributed by atoms with van der Waals surface area (Å²) in [5, 5.41) is 10.5. The Balaban J connectivity index is 1.07. The SMILES string of the molecule is O=C(O)c1ccc2nc(CN3CCN(C(=O)c4ccc(OCc5ccc(Cl)cc5Cl)o4)CC3)n(C[C@@H]3CCO3)c2c1. The second-order valence-corrected chi connectivity index (χ2v) is 11.0. The lowest BCUT2D eigenvalue weighted by atomic mass is 10.1. The molecule has 12 heteroatoms. The Morgan fingerprint density at radius 3 is 2.56 bits per heavy atom. The zero-order valence-corrected chi connectivity index (χ0v) is 23.6. The molecule has 0 radical (unpaired) electrons. The maximum atomic E-state index is 13.1. The van der Waals surface area contributed by atoms with Gasteiger partial charge >= 0.3 is 5.97 Å². The number of furan rings is 1. The van der Waals surface area contributed by atoms with E-state index >= 15 is 0 Å². The highest BCUT2D eigenvalue weighted by molar-refractivity contribution is 6.35. The highest BCUT2D eigenvalue weighted by Gasteiger charge is 2.27. The molecule has 1 N–H and O–H groups in total. The lowest BCUT2D eigenvalue weighted by Gasteiger charge is -2.34. The third-order valence-corrected chi connectivity index (χ3v) is 8.04. The third kappa shape index (κ3) is 6.06. The molecule has 0 saturated carbocycles. The lowest BCUT2D eigenvalue weighted by Crippen LogP contribution is -2.48. The number of aromatic carboxylic acids is 1. The smallest absolute Gasteiger partial charge is 0.335 e. The van der Waals surface area contributed by atoms with Crippen molar-refractivity contribution in [1.29, 1.82) is 0 Å². The number of hydrogen-bond acceptors (Lipinski definition) is 7. The van der Waals surface area contributed by atoms with Crippen LogP contribution >= 0.6 is 23.2 Å². The Kier molecular flexibility index (Phi) is 7.90. The number of halogens is 2. The molecule has 2 fully saturated rings. The second kappa shape index (κ2) is 11.7. The molecule has 0 unspecified atom stereocenters. The number of rotatable bonds is 9. The number of carboxylic acid groups (broad SMARTS) is 1. The predicted octanol–water partition coefficient (Wildman–Crippen LogP) is 4.96. The summed E-state index contributed by atoms with van der Waals surface area (Å²) in [5.74, 6) is 0.139. The summed E-state index contributed by atoms with van der Waals surface area (Å²) in [4.78, 5) is 33.5. The van der Waals surface area contributed by atoms with Crippen LogP contribution in [0.5, 0.6) is 5.95 Å². The number of benzene rings is 2. The highest BCUT2D eigenvalue weighted by Crippen LogP contribution is 2.26. The third-order valence-electron chi connectivity index (χ3n) is 7.46. The molecule has 2 aliphatic heterocycles. The minimum Gasteiger partial charge on any atom is -0.478 e. The van der Waals surface area contributed by atoms with Gasteiger partial charge in [0.1, 0.15) is 12.4 Å². The van der Waals surface area contributed by atoms with Crippen LogP contribution in [0, 0.1) is 0 Å². The number of piperazine rings is 1. The monoisotopic (exact) mass is 598 g/mol. The molecule has 1 amide bonds. The number of aromatic nitrogens is 2. The molecule has 6 rings (SSSR count). The van der Waals surface area contributed by atoms with Crippen LogP contribution in [0.25, 0.3) is 11.0 Å². The van der Waals surface area contributed by atoms with Crippen LogP contribution in [0.3, 0.4) is 0 Å². The molecule has 4 aromatic rings. The molecule has 2 saturated heterocycles. The van der Waals surface area contributed by atoms with Crippen molar-refractivity contribution < 1.29 is 28.6 Å². The van der Waals surface area contributed by atoms with Crippen molar-refractivity contribution >= 4 is 46.1 Å². The van der Waals surface area contributed by atoms with Gasteiger partial charge in [0.25, 0.3) is 11.9 Å². The Morgan fingerprint density at radius 1 is 1.05 bits per heavy atom. The first-order valence-corrected chi connectivity index (χ1v) is 14.1. The molecule has 0 bridgehead atoms. The molecule has 2 aromatic heterocycles. The van der Waals surface area contributed by atoms with E-state index in [9.17, 15) is 14.7 Å². The van der Waals surface area contributed by atoms with Crippen LogP contribution in [0.4, 0.5) is 0 Å². The number of nitrogens with zero attached hydrogens (tertiary/aromatic N) is 4. The van der Waals surface area contributed by atoms with Gasteiger partial charge in [-0.2, -0.15) is 0 Å². The van der Waals surface area contributed by atoms with Crippen LogP contribution in [0.15, 0.2) is 52.9 Å². The van der Waals surface area contributed by atoms with Gasteiger partial charge in [-0.05, 0) is 42.8 Å². The number of hydrogen-bond donors (Lipinski definition) is 1. The van der Waals surface area contributed by atoms with Crippen LogP contribution in [-0.2, 0) is 24.4 Å². The van der Waals surface area contributed by atoms with Crippen LogP contribution < -0.4 is 4.74 Å². The van der Waals surface area contributed by atoms with Crippen molar-refractivity contribution in [2.75, 3.05) is 32.8 Å². The molecule has 2 aliphatic rings. The molecular formula is C29H28Cl2N4O6. The molecule has 1 atom stereocenters. The van der Waals surface area contributed by atoms with Gasteiger partial charge in [0.05, 0.1) is 35.8 Å². The fraction of sp³-hybridized carbons (Fsp3) is 0.345. The quantitative estimate of drug-likeness (QED) is 0.288. The van der Waals surface area contributed by atoms with Crippen molar-refractivity contribution in [3.05, 3.63) is 81.3 Å². The Bertz CT molecular complexity index is 1590. The summed E-state index contributed by atoms with van der Waals surface area (Å²) in [6.45, 7) is 4.52. The summed E-state index contributed by atoms with van der Waals surface area (Å²) in [7, 11) is 0. The van der Waals surface area contributed by atoms with E-state index in [2.05, 4.69) is 9.47 Å². The first-order chi connectivity index (χ1) is 19.8. The number of fused-ring (bicyclic) bond motifs is 1. The summed E-state index contributed by atoms with van der Waals surface area (Å²) < 4.78 is 19.1. The maximum Gasteiger partial charge on any atom is 0.335 e. The van der Waals surface area contributed by atoms with E-state index in [0.29, 0.717) is 49.3 Å². The molecule has 0 spiro atoms. The minimum atomic E-state index is -0.969. The van der Waals surface area contributed by atoms with Gasteiger partial charge in [-0.25, -0.2) is 9.78 Å². The van der Waals surface area contributed by atoms with E-state index < -0.39 is 5.97 Å². The molecule has 0 aliphatic carbocycles. The van der Waals surface area contributed by atoms with Gasteiger partial charge in [-0.1, -0.05) is 29.3 Å². The van der Waals surface area contributed by atoms with Crippen molar-refractivity contribution in [2.45, 2.75) is 32.2 Å². The molecule has 214 valence electrons. The summed E-state index contributed by atoms with van der Waals surface area (Å²) in [6.07, 6.45) is 1.06. The van der Waals surface area contributed by atoms with E-state index in [1.54, 1.807) is 53.4 Å². The maximum absolute atomic E-state index is 13.1. The van der Waals surface area contributed by atoms with E-state index in [1.165, 1.54) is 0 Å². The lowest BCUT2D eigenvalue weighted by molar-refractivity contribution is -0.0592. The fourth-order valence-electron chi connectivity index (χ4n) is 5.03. The number of ether oxygens (including phenoxy) is 2. The van der Waals surface area contributed by atoms with Gasteiger partial charge in [-0.15, -0.1) is 0 Å². The van der Waals surface area contributed by atoms with Crippen LogP contribution in [0.1, 0.15) is 38.7 Å². The Hall–Kier alpha value is -3.57. The predicted molar refractivity (Wildman–Crippen MR) is 152 cm³/mol. The van der Waals surface area contributed by atoms with Crippen molar-refractivity contribution in [3.8, 4) is 5.95 Å². The van der Waals surface area contributed by atoms with E-state index in [4.69, 9.17) is 42.1 Å². The number of carbonyl (C=O) groups is 2. The van der Waals surface area contributed by atoms with Gasteiger partial charge in [0, 0.05) is 54.5 Å². The first-order valence-electron chi connectivity index (χ1n) is 13.4. The standard InChI is InChI=1S/C29H28Cl2N4O6/c30-20-3-1-19(22(31)14-20)17-40-27-6-5-25(41-27)28(36)34-10-8-33(9-11-34)16-26-32-23-4-2-18(29(37)38)13-24(23)35(26)15-21-7-12-39-21/h1-6,13-14,21H,7-12,15-17H2,(H,37,38)/t21-/m0/s1. The summed E-state index contributed by atoms with van der Waals surface area (Å²) in [6, 6.07) is 13.4. The van der Waals surface area contributed by atoms with Gasteiger partial charge in [-0.3, -0.25) is 9.69 Å². The van der Waals surface area contributed by atoms with Crippen molar-refractivity contribution in [1.82, 2.24) is 19.4 Å². The zero-order valence-electron chi connectivity index (χ0n) is 22.1. The largest absolute Gasteiger partial charge is 0.478 e. The summed E-state index contributed by atoms with van der Waals surface area (Å²) >= 11 is 12.1. The number of amides is 1. The Morgan fingerprint density at radius 2 is 1.85 bits per heavy atom. The van der Waals surface area contributed by atoms with Gasteiger partial charge < -0.3 is 28.5 Å². The number of imidazole rings is 1. The topological polar surface area (TPSA) is 110 Å². The van der Waals surface area contributed by atoms with E-state index in [-0.39, 0.29) is 35.9 Å². The fourth-order valence-corrected chi connectivity index (χ4v) is 5.49. The average molecular weight is 599 g/mol. The molecular weight excluding hydrogens is 571 g/mol. The number of carboxylic acids is 1. The van der Waals surface area contributed by atoms with E-state index in [1.807, 2.05) is 0 Å². The van der Waals surface area contributed by atoms with E-state index in [0.717, 1.165) is 35.4 Å².